The highest BCUT2D eigenvalue weighted by molar-refractivity contribution is 4.94. The quantitative estimate of drug-likeness (QED) is 0.566. The monoisotopic (exact) mass is 197 g/mol. The van der Waals surface area contributed by atoms with E-state index in [-0.39, 0.29) is 0 Å². The SMILES string of the molecule is [CH2]CC(F)(C(F)(F)F)C(F)(F)F. The molecule has 0 unspecified atom stereocenters. The van der Waals surface area contributed by atoms with Crippen LogP contribution in [-0.2, 0) is 0 Å². The Morgan fingerprint density at radius 2 is 1.00 bits per heavy atom. The van der Waals surface area contributed by atoms with Gasteiger partial charge in [-0.25, -0.2) is 4.39 Å². The molecule has 0 aromatic rings. The molecule has 1 radical (unpaired) electrons. The van der Waals surface area contributed by atoms with Crippen molar-refractivity contribution in [3.8, 4) is 0 Å². The summed E-state index contributed by atoms with van der Waals surface area (Å²) in [5.41, 5.74) is -5.19. The Labute approximate surface area is 63.4 Å². The van der Waals surface area contributed by atoms with Crippen LogP contribution in [0.3, 0.4) is 0 Å². The lowest BCUT2D eigenvalue weighted by Gasteiger charge is -2.28. The molecule has 12 heavy (non-hydrogen) atoms. The van der Waals surface area contributed by atoms with Crippen molar-refractivity contribution in [1.29, 1.82) is 0 Å². The number of halogens is 7. The summed E-state index contributed by atoms with van der Waals surface area (Å²) >= 11 is 0. The molecule has 0 bridgehead atoms. The molecule has 0 heterocycles. The lowest BCUT2D eigenvalue weighted by Crippen LogP contribution is -2.52. The van der Waals surface area contributed by atoms with Crippen molar-refractivity contribution in [1.82, 2.24) is 0 Å². The van der Waals surface area contributed by atoms with E-state index in [9.17, 15) is 30.7 Å². The van der Waals surface area contributed by atoms with Crippen LogP contribution < -0.4 is 0 Å². The average molecular weight is 197 g/mol. The van der Waals surface area contributed by atoms with Crippen LogP contribution >= 0.6 is 0 Å². The van der Waals surface area contributed by atoms with Gasteiger partial charge in [-0.3, -0.25) is 0 Å². The molecule has 0 rings (SSSR count). The molecule has 0 fully saturated rings. The molecule has 0 amide bonds. The van der Waals surface area contributed by atoms with Gasteiger partial charge in [-0.05, 0) is 13.3 Å². The van der Waals surface area contributed by atoms with Gasteiger partial charge in [0.15, 0.2) is 0 Å². The fourth-order valence-electron chi connectivity index (χ4n) is 0.444. The number of hydrogen-bond donors (Lipinski definition) is 0. The zero-order valence-electron chi connectivity index (χ0n) is 5.56. The van der Waals surface area contributed by atoms with E-state index in [1.807, 2.05) is 0 Å². The maximum atomic E-state index is 12.2. The first kappa shape index (κ1) is 11.5. The van der Waals surface area contributed by atoms with Gasteiger partial charge in [0.05, 0.1) is 0 Å². The van der Waals surface area contributed by atoms with Crippen LogP contribution in [0.4, 0.5) is 30.7 Å². The largest absolute Gasteiger partial charge is 0.431 e. The highest BCUT2D eigenvalue weighted by Crippen LogP contribution is 2.47. The van der Waals surface area contributed by atoms with Crippen molar-refractivity contribution in [2.75, 3.05) is 0 Å². The summed E-state index contributed by atoms with van der Waals surface area (Å²) in [5.74, 6) is 0. The third kappa shape index (κ3) is 1.64. The summed E-state index contributed by atoms with van der Waals surface area (Å²) in [6.07, 6.45) is -13.8. The smallest absolute Gasteiger partial charge is 0.224 e. The molecule has 0 aromatic carbocycles. The summed E-state index contributed by atoms with van der Waals surface area (Å²) < 4.78 is 81.0. The summed E-state index contributed by atoms with van der Waals surface area (Å²) in [7, 11) is 0. The van der Waals surface area contributed by atoms with Crippen molar-refractivity contribution in [2.45, 2.75) is 24.4 Å². The molecular weight excluding hydrogens is 193 g/mol. The normalized spacial score (nSPS) is 15.0. The van der Waals surface area contributed by atoms with E-state index in [1.165, 1.54) is 0 Å². The Bertz CT molecular complexity index is 138. The second-order valence-corrected chi connectivity index (χ2v) is 2.05. The van der Waals surface area contributed by atoms with Gasteiger partial charge in [0.1, 0.15) is 0 Å². The molecule has 0 aromatic heterocycles. The van der Waals surface area contributed by atoms with Crippen LogP contribution in [0.5, 0.6) is 0 Å². The van der Waals surface area contributed by atoms with Crippen LogP contribution in [0.25, 0.3) is 0 Å². The van der Waals surface area contributed by atoms with E-state index in [1.54, 1.807) is 0 Å². The van der Waals surface area contributed by atoms with Gasteiger partial charge in [-0.2, -0.15) is 26.3 Å². The van der Waals surface area contributed by atoms with E-state index >= 15 is 0 Å². The van der Waals surface area contributed by atoms with Crippen LogP contribution in [-0.4, -0.2) is 18.0 Å². The number of rotatable bonds is 1. The molecule has 7 heteroatoms. The molecule has 0 spiro atoms. The van der Waals surface area contributed by atoms with Gasteiger partial charge in [0, 0.05) is 0 Å². The Kier molecular flexibility index (Phi) is 2.66. The number of hydrogen-bond acceptors (Lipinski definition) is 0. The van der Waals surface area contributed by atoms with E-state index in [2.05, 4.69) is 6.92 Å². The van der Waals surface area contributed by atoms with Crippen molar-refractivity contribution in [3.05, 3.63) is 6.92 Å². The molecule has 0 saturated carbocycles. The Hall–Kier alpha value is -0.490. The van der Waals surface area contributed by atoms with E-state index in [0.717, 1.165) is 0 Å². The first-order chi connectivity index (χ1) is 5.06. The summed E-state index contributed by atoms with van der Waals surface area (Å²) in [5, 5.41) is 0. The first-order valence-electron chi connectivity index (χ1n) is 2.68. The van der Waals surface area contributed by atoms with Crippen LogP contribution in [0.1, 0.15) is 6.42 Å². The topological polar surface area (TPSA) is 0 Å². The highest BCUT2D eigenvalue weighted by atomic mass is 19.4. The minimum Gasteiger partial charge on any atom is -0.224 e. The van der Waals surface area contributed by atoms with Crippen molar-refractivity contribution in [2.24, 2.45) is 0 Å². The molecule has 0 atom stereocenters. The van der Waals surface area contributed by atoms with Gasteiger partial charge in [-0.1, -0.05) is 0 Å². The van der Waals surface area contributed by atoms with Crippen LogP contribution in [0.15, 0.2) is 0 Å². The molecule has 0 aliphatic rings. The number of alkyl halides is 7. The maximum Gasteiger partial charge on any atom is 0.431 e. The summed E-state index contributed by atoms with van der Waals surface area (Å²) in [4.78, 5) is 0. The minimum atomic E-state index is -5.97. The molecule has 73 valence electrons. The van der Waals surface area contributed by atoms with E-state index < -0.39 is 24.4 Å². The summed E-state index contributed by atoms with van der Waals surface area (Å²) in [6.45, 7) is 2.28. The first-order valence-corrected chi connectivity index (χ1v) is 2.68. The second kappa shape index (κ2) is 2.77. The van der Waals surface area contributed by atoms with Gasteiger partial charge < -0.3 is 0 Å². The lowest BCUT2D eigenvalue weighted by molar-refractivity contribution is -0.340. The fourth-order valence-corrected chi connectivity index (χ4v) is 0.444. The Morgan fingerprint density at radius 1 is 0.750 bits per heavy atom. The van der Waals surface area contributed by atoms with E-state index in [0.29, 0.717) is 0 Å². The van der Waals surface area contributed by atoms with Crippen molar-refractivity contribution >= 4 is 0 Å². The minimum absolute atomic E-state index is 1.92. The highest BCUT2D eigenvalue weighted by Gasteiger charge is 2.71. The summed E-state index contributed by atoms with van der Waals surface area (Å²) in [6, 6.07) is 0. The molecule has 0 nitrogen and oxygen atoms in total. The van der Waals surface area contributed by atoms with Gasteiger partial charge in [0.2, 0.25) is 0 Å². The second-order valence-electron chi connectivity index (χ2n) is 2.05. The molecule has 0 saturated heterocycles. The van der Waals surface area contributed by atoms with Crippen molar-refractivity contribution in [3.63, 3.8) is 0 Å². The third-order valence-corrected chi connectivity index (χ3v) is 1.24. The zero-order valence-corrected chi connectivity index (χ0v) is 5.56. The lowest BCUT2D eigenvalue weighted by atomic mass is 10.0. The standard InChI is InChI=1S/C5H4F7/c1-2-3(6,4(7,8)9)5(10,11)12/h1-2H2. The van der Waals surface area contributed by atoms with Crippen molar-refractivity contribution < 1.29 is 30.7 Å². The molecule has 0 aliphatic heterocycles. The Morgan fingerprint density at radius 3 is 1.00 bits per heavy atom. The predicted octanol–water partition coefficient (Wildman–Crippen LogP) is 3.04. The van der Waals surface area contributed by atoms with E-state index in [4.69, 9.17) is 0 Å². The zero-order chi connectivity index (χ0) is 10.2. The fraction of sp³-hybridized carbons (Fsp3) is 0.800. The van der Waals surface area contributed by atoms with Gasteiger partial charge in [-0.15, -0.1) is 0 Å². The Balaban J connectivity index is 4.95. The third-order valence-electron chi connectivity index (χ3n) is 1.24. The predicted molar refractivity (Wildman–Crippen MR) is 25.9 cm³/mol. The average Bonchev–Trinajstić information content (AvgIpc) is 1.81. The maximum absolute atomic E-state index is 12.2. The van der Waals surface area contributed by atoms with Gasteiger partial charge >= 0.3 is 12.4 Å². The van der Waals surface area contributed by atoms with Crippen LogP contribution in [0.2, 0.25) is 0 Å². The molecular formula is C5H4F7. The molecule has 0 aliphatic carbocycles. The van der Waals surface area contributed by atoms with Crippen LogP contribution in [0, 0.1) is 6.92 Å². The van der Waals surface area contributed by atoms with Gasteiger partial charge in [0.25, 0.3) is 5.67 Å². The molecule has 0 N–H and O–H groups in total.